The van der Waals surface area contributed by atoms with Gasteiger partial charge in [-0.05, 0) is 37.8 Å². The van der Waals surface area contributed by atoms with Crippen molar-refractivity contribution in [2.45, 2.75) is 43.8 Å². The van der Waals surface area contributed by atoms with Crippen molar-refractivity contribution < 1.29 is 8.78 Å². The summed E-state index contributed by atoms with van der Waals surface area (Å²) in [4.78, 5) is 1.92. The quantitative estimate of drug-likeness (QED) is 0.814. The number of hydrogen-bond acceptors (Lipinski definition) is 2. The molecular formula is C13H16F2N2. The van der Waals surface area contributed by atoms with E-state index in [0.29, 0.717) is 0 Å². The van der Waals surface area contributed by atoms with Gasteiger partial charge in [0.25, 0.3) is 0 Å². The normalized spacial score (nSPS) is 31.9. The minimum atomic E-state index is -0.461. The minimum absolute atomic E-state index is 0.145. The Kier molecular flexibility index (Phi) is 2.54. The Hall–Kier alpha value is -1.16. The molecule has 2 nitrogen and oxygen atoms in total. The number of benzene rings is 1. The highest BCUT2D eigenvalue weighted by Crippen LogP contribution is 2.40. The maximum Gasteiger partial charge on any atom is 0.149 e. The number of fused-ring (bicyclic) bond motifs is 2. The lowest BCUT2D eigenvalue weighted by molar-refractivity contribution is 0.404. The molecule has 2 saturated heterocycles. The van der Waals surface area contributed by atoms with E-state index in [1.165, 1.54) is 18.2 Å². The third-order valence-corrected chi connectivity index (χ3v) is 3.97. The predicted octanol–water partition coefficient (Wildman–Crippen LogP) is 2.42. The molecule has 4 heteroatoms. The third kappa shape index (κ3) is 1.71. The van der Waals surface area contributed by atoms with Crippen LogP contribution in [-0.4, -0.2) is 18.1 Å². The standard InChI is InChI=1S/C13H16F2N2/c14-11-2-1-3-12(15)13(11)17-9-4-5-10(17)7-8(16)6-9/h1-3,8-10H,4-7,16H2. The third-order valence-electron chi connectivity index (χ3n) is 3.97. The molecule has 2 N–H and O–H groups in total. The number of para-hydroxylation sites is 1. The van der Waals surface area contributed by atoms with Crippen molar-refractivity contribution in [2.75, 3.05) is 4.90 Å². The molecule has 0 aromatic heterocycles. The highest BCUT2D eigenvalue weighted by Gasteiger charge is 2.41. The zero-order chi connectivity index (χ0) is 12.0. The van der Waals surface area contributed by atoms with E-state index in [-0.39, 0.29) is 23.8 Å². The summed E-state index contributed by atoms with van der Waals surface area (Å²) < 4.78 is 27.6. The number of piperidine rings is 1. The van der Waals surface area contributed by atoms with E-state index in [4.69, 9.17) is 5.73 Å². The van der Waals surface area contributed by atoms with Gasteiger partial charge in [-0.3, -0.25) is 0 Å². The number of halogens is 2. The van der Waals surface area contributed by atoms with Crippen LogP contribution in [0.2, 0.25) is 0 Å². The number of anilines is 1. The summed E-state index contributed by atoms with van der Waals surface area (Å²) in [5.41, 5.74) is 6.10. The first kappa shape index (κ1) is 11.0. The zero-order valence-corrected chi connectivity index (χ0v) is 9.57. The molecule has 2 atom stereocenters. The summed E-state index contributed by atoms with van der Waals surface area (Å²) in [5, 5.41) is 0. The van der Waals surface area contributed by atoms with Crippen molar-refractivity contribution in [3.63, 3.8) is 0 Å². The molecule has 0 spiro atoms. The minimum Gasteiger partial charge on any atom is -0.361 e. The molecular weight excluding hydrogens is 222 g/mol. The summed E-state index contributed by atoms with van der Waals surface area (Å²) in [6, 6.07) is 4.65. The molecule has 92 valence electrons. The van der Waals surface area contributed by atoms with Crippen LogP contribution in [-0.2, 0) is 0 Å². The number of hydrogen-bond donors (Lipinski definition) is 1. The van der Waals surface area contributed by atoms with Gasteiger partial charge < -0.3 is 10.6 Å². The molecule has 2 aliphatic heterocycles. The molecule has 0 saturated carbocycles. The van der Waals surface area contributed by atoms with Crippen LogP contribution in [0.5, 0.6) is 0 Å². The molecule has 0 aliphatic carbocycles. The summed E-state index contributed by atoms with van der Waals surface area (Å²) in [6.07, 6.45) is 3.66. The predicted molar refractivity (Wildman–Crippen MR) is 62.9 cm³/mol. The molecule has 0 amide bonds. The lowest BCUT2D eigenvalue weighted by atomic mass is 9.97. The topological polar surface area (TPSA) is 29.3 Å². The number of nitrogens with zero attached hydrogens (tertiary/aromatic N) is 1. The van der Waals surface area contributed by atoms with Crippen molar-refractivity contribution in [3.8, 4) is 0 Å². The van der Waals surface area contributed by atoms with Gasteiger partial charge in [0.1, 0.15) is 17.3 Å². The van der Waals surface area contributed by atoms with Crippen LogP contribution in [0.1, 0.15) is 25.7 Å². The maximum absolute atomic E-state index is 13.8. The van der Waals surface area contributed by atoms with Gasteiger partial charge in [-0.25, -0.2) is 8.78 Å². The van der Waals surface area contributed by atoms with Crippen LogP contribution < -0.4 is 10.6 Å². The molecule has 2 fully saturated rings. The highest BCUT2D eigenvalue weighted by molar-refractivity contribution is 5.53. The average Bonchev–Trinajstić information content (AvgIpc) is 2.54. The number of nitrogens with two attached hydrogens (primary N) is 1. The van der Waals surface area contributed by atoms with Crippen LogP contribution in [0, 0.1) is 11.6 Å². The Morgan fingerprint density at radius 1 is 1.06 bits per heavy atom. The first-order chi connectivity index (χ1) is 8.16. The molecule has 1 aromatic carbocycles. The van der Waals surface area contributed by atoms with Crippen LogP contribution in [0.4, 0.5) is 14.5 Å². The van der Waals surface area contributed by atoms with Gasteiger partial charge in [0.05, 0.1) is 0 Å². The maximum atomic E-state index is 13.8. The van der Waals surface area contributed by atoms with Crippen LogP contribution in [0.15, 0.2) is 18.2 Å². The SMILES string of the molecule is NC1CC2CCC(C1)N2c1c(F)cccc1F. The van der Waals surface area contributed by atoms with Crippen molar-refractivity contribution in [1.82, 2.24) is 0 Å². The van der Waals surface area contributed by atoms with E-state index < -0.39 is 11.6 Å². The van der Waals surface area contributed by atoms with Crippen LogP contribution >= 0.6 is 0 Å². The number of rotatable bonds is 1. The second-order valence-corrected chi connectivity index (χ2v) is 5.09. The van der Waals surface area contributed by atoms with E-state index in [9.17, 15) is 8.78 Å². The summed E-state index contributed by atoms with van der Waals surface area (Å²) in [5.74, 6) is -0.922. The van der Waals surface area contributed by atoms with Crippen molar-refractivity contribution in [1.29, 1.82) is 0 Å². The second kappa shape index (κ2) is 3.95. The summed E-state index contributed by atoms with van der Waals surface area (Å²) in [6.45, 7) is 0. The Balaban J connectivity index is 2.00. The smallest absolute Gasteiger partial charge is 0.149 e. The molecule has 17 heavy (non-hydrogen) atoms. The van der Waals surface area contributed by atoms with Crippen LogP contribution in [0.25, 0.3) is 0 Å². The molecule has 3 rings (SSSR count). The van der Waals surface area contributed by atoms with E-state index >= 15 is 0 Å². The first-order valence-electron chi connectivity index (χ1n) is 6.14. The summed E-state index contributed by atoms with van der Waals surface area (Å²) in [7, 11) is 0. The van der Waals surface area contributed by atoms with Gasteiger partial charge in [0, 0.05) is 18.1 Å². The highest BCUT2D eigenvalue weighted by atomic mass is 19.1. The molecule has 0 radical (unpaired) electrons. The van der Waals surface area contributed by atoms with Crippen molar-refractivity contribution >= 4 is 5.69 Å². The van der Waals surface area contributed by atoms with E-state index in [1.807, 2.05) is 4.90 Å². The van der Waals surface area contributed by atoms with E-state index in [0.717, 1.165) is 25.7 Å². The van der Waals surface area contributed by atoms with E-state index in [2.05, 4.69) is 0 Å². The fraction of sp³-hybridized carbons (Fsp3) is 0.538. The largest absolute Gasteiger partial charge is 0.361 e. The Bertz CT molecular complexity index is 401. The van der Waals surface area contributed by atoms with Gasteiger partial charge in [-0.2, -0.15) is 0 Å². The van der Waals surface area contributed by atoms with E-state index in [1.54, 1.807) is 0 Å². The fourth-order valence-electron chi connectivity index (χ4n) is 3.32. The monoisotopic (exact) mass is 238 g/mol. The average molecular weight is 238 g/mol. The lowest BCUT2D eigenvalue weighted by Crippen LogP contribution is -2.48. The van der Waals surface area contributed by atoms with Crippen LogP contribution in [0.3, 0.4) is 0 Å². The van der Waals surface area contributed by atoms with Gasteiger partial charge in [-0.1, -0.05) is 6.07 Å². The van der Waals surface area contributed by atoms with Crippen molar-refractivity contribution in [3.05, 3.63) is 29.8 Å². The molecule has 1 aromatic rings. The summed E-state index contributed by atoms with van der Waals surface area (Å²) >= 11 is 0. The fourth-order valence-corrected chi connectivity index (χ4v) is 3.32. The second-order valence-electron chi connectivity index (χ2n) is 5.09. The molecule has 2 heterocycles. The lowest BCUT2D eigenvalue weighted by Gasteiger charge is -2.39. The first-order valence-corrected chi connectivity index (χ1v) is 6.14. The Labute approximate surface area is 99.4 Å². The Morgan fingerprint density at radius 3 is 2.12 bits per heavy atom. The molecule has 2 bridgehead atoms. The zero-order valence-electron chi connectivity index (χ0n) is 9.57. The molecule has 2 unspecified atom stereocenters. The van der Waals surface area contributed by atoms with Gasteiger partial charge in [0.2, 0.25) is 0 Å². The van der Waals surface area contributed by atoms with Gasteiger partial charge >= 0.3 is 0 Å². The Morgan fingerprint density at radius 2 is 1.59 bits per heavy atom. The van der Waals surface area contributed by atoms with Gasteiger partial charge in [0.15, 0.2) is 0 Å². The van der Waals surface area contributed by atoms with Gasteiger partial charge in [-0.15, -0.1) is 0 Å². The van der Waals surface area contributed by atoms with Crippen molar-refractivity contribution in [2.24, 2.45) is 5.73 Å². The molecule has 2 aliphatic rings.